The number of unbranched alkanes of at least 4 members (excludes halogenated alkanes) is 2. The lowest BCUT2D eigenvalue weighted by Crippen LogP contribution is -2.30. The fourth-order valence-corrected chi connectivity index (χ4v) is 1.48. The summed E-state index contributed by atoms with van der Waals surface area (Å²) in [7, 11) is 0. The molecule has 1 aliphatic rings. The Labute approximate surface area is 89.6 Å². The maximum absolute atomic E-state index is 5.67. The second-order valence-electron chi connectivity index (χ2n) is 4.09. The molecule has 1 saturated carbocycles. The topological polar surface area (TPSA) is 38.0 Å². The van der Waals surface area contributed by atoms with E-state index >= 15 is 0 Å². The number of hydrogen-bond donors (Lipinski definition) is 2. The summed E-state index contributed by atoms with van der Waals surface area (Å²) in [5.74, 6) is 0. The lowest BCUT2D eigenvalue weighted by Gasteiger charge is -2.12. The van der Waals surface area contributed by atoms with Gasteiger partial charge in [-0.05, 0) is 37.8 Å². The first-order chi connectivity index (χ1) is 6.83. The van der Waals surface area contributed by atoms with Crippen molar-refractivity contribution in [2.24, 2.45) is 11.1 Å². The van der Waals surface area contributed by atoms with E-state index in [9.17, 15) is 0 Å². The Morgan fingerprint density at radius 2 is 1.86 bits per heavy atom. The fraction of sp³-hybridized carbons (Fsp3) is 1.00. The zero-order valence-corrected chi connectivity index (χ0v) is 10.2. The minimum absolute atomic E-state index is 0.506. The van der Waals surface area contributed by atoms with Gasteiger partial charge in [0.25, 0.3) is 0 Å². The molecule has 0 aliphatic heterocycles. The molecule has 3 N–H and O–H groups in total. The second-order valence-corrected chi connectivity index (χ2v) is 4.09. The number of nitrogens with one attached hydrogen (secondary N) is 1. The van der Waals surface area contributed by atoms with Crippen molar-refractivity contribution in [3.05, 3.63) is 0 Å². The minimum Gasteiger partial charge on any atom is -0.330 e. The van der Waals surface area contributed by atoms with Gasteiger partial charge in [-0.1, -0.05) is 33.6 Å². The zero-order valence-electron chi connectivity index (χ0n) is 10.2. The molecule has 0 heterocycles. The van der Waals surface area contributed by atoms with Gasteiger partial charge in [-0.2, -0.15) is 0 Å². The van der Waals surface area contributed by atoms with Crippen LogP contribution in [-0.4, -0.2) is 19.6 Å². The fourth-order valence-electron chi connectivity index (χ4n) is 1.48. The SMILES string of the molecule is CC.CCCCCNCC1(CN)CC1. The van der Waals surface area contributed by atoms with Crippen molar-refractivity contribution in [3.63, 3.8) is 0 Å². The third-order valence-electron chi connectivity index (χ3n) is 2.85. The van der Waals surface area contributed by atoms with E-state index in [4.69, 9.17) is 5.73 Å². The molecule has 1 aliphatic carbocycles. The van der Waals surface area contributed by atoms with Crippen LogP contribution in [0.15, 0.2) is 0 Å². The molecule has 0 aromatic heterocycles. The van der Waals surface area contributed by atoms with E-state index in [1.807, 2.05) is 13.8 Å². The second kappa shape index (κ2) is 8.25. The molecule has 1 fully saturated rings. The molecular formula is C12H28N2. The Balaban J connectivity index is 0.000000791. The van der Waals surface area contributed by atoms with E-state index in [1.54, 1.807) is 0 Å². The molecule has 0 unspecified atom stereocenters. The molecular weight excluding hydrogens is 172 g/mol. The van der Waals surface area contributed by atoms with Crippen LogP contribution in [0.4, 0.5) is 0 Å². The first-order valence-corrected chi connectivity index (χ1v) is 6.24. The first kappa shape index (κ1) is 13.9. The van der Waals surface area contributed by atoms with Gasteiger partial charge >= 0.3 is 0 Å². The van der Waals surface area contributed by atoms with Gasteiger partial charge in [0.15, 0.2) is 0 Å². The van der Waals surface area contributed by atoms with Crippen molar-refractivity contribution in [1.29, 1.82) is 0 Å². The minimum atomic E-state index is 0.506. The Morgan fingerprint density at radius 1 is 1.21 bits per heavy atom. The van der Waals surface area contributed by atoms with Gasteiger partial charge in [0.1, 0.15) is 0 Å². The summed E-state index contributed by atoms with van der Waals surface area (Å²) in [5.41, 5.74) is 6.18. The highest BCUT2D eigenvalue weighted by Gasteiger charge is 2.40. The Kier molecular flexibility index (Phi) is 8.20. The van der Waals surface area contributed by atoms with Crippen LogP contribution in [0.5, 0.6) is 0 Å². The van der Waals surface area contributed by atoms with E-state index in [0.717, 1.165) is 13.1 Å². The van der Waals surface area contributed by atoms with Crippen LogP contribution in [0.1, 0.15) is 52.9 Å². The quantitative estimate of drug-likeness (QED) is 0.620. The lowest BCUT2D eigenvalue weighted by atomic mass is 10.1. The molecule has 86 valence electrons. The summed E-state index contributed by atoms with van der Waals surface area (Å²) < 4.78 is 0. The molecule has 0 spiro atoms. The van der Waals surface area contributed by atoms with Crippen LogP contribution in [0.25, 0.3) is 0 Å². The third-order valence-corrected chi connectivity index (χ3v) is 2.85. The van der Waals surface area contributed by atoms with E-state index in [-0.39, 0.29) is 0 Å². The Morgan fingerprint density at radius 3 is 2.29 bits per heavy atom. The summed E-state index contributed by atoms with van der Waals surface area (Å²) >= 11 is 0. The number of rotatable bonds is 7. The van der Waals surface area contributed by atoms with Gasteiger partial charge in [0.2, 0.25) is 0 Å². The highest BCUT2D eigenvalue weighted by molar-refractivity contribution is 4.95. The molecule has 0 amide bonds. The normalized spacial score (nSPS) is 17.1. The van der Waals surface area contributed by atoms with Crippen LogP contribution >= 0.6 is 0 Å². The van der Waals surface area contributed by atoms with Crippen LogP contribution < -0.4 is 11.1 Å². The van der Waals surface area contributed by atoms with Gasteiger partial charge in [0, 0.05) is 6.54 Å². The lowest BCUT2D eigenvalue weighted by molar-refractivity contribution is 0.461. The first-order valence-electron chi connectivity index (χ1n) is 6.24. The largest absolute Gasteiger partial charge is 0.330 e. The molecule has 0 saturated heterocycles. The maximum atomic E-state index is 5.67. The highest BCUT2D eigenvalue weighted by atomic mass is 14.9. The average Bonchev–Trinajstić information content (AvgIpc) is 3.02. The molecule has 0 radical (unpaired) electrons. The average molecular weight is 200 g/mol. The van der Waals surface area contributed by atoms with Crippen LogP contribution in [0, 0.1) is 5.41 Å². The van der Waals surface area contributed by atoms with E-state index < -0.39 is 0 Å². The molecule has 0 atom stereocenters. The third kappa shape index (κ3) is 5.61. The van der Waals surface area contributed by atoms with Gasteiger partial charge in [-0.15, -0.1) is 0 Å². The highest BCUT2D eigenvalue weighted by Crippen LogP contribution is 2.43. The van der Waals surface area contributed by atoms with E-state index in [2.05, 4.69) is 12.2 Å². The summed E-state index contributed by atoms with van der Waals surface area (Å²) in [6, 6.07) is 0. The van der Waals surface area contributed by atoms with Crippen LogP contribution in [0.3, 0.4) is 0 Å². The van der Waals surface area contributed by atoms with E-state index in [1.165, 1.54) is 38.6 Å². The Bertz CT molecular complexity index is 119. The molecule has 0 aromatic rings. The van der Waals surface area contributed by atoms with Gasteiger partial charge in [-0.3, -0.25) is 0 Å². The van der Waals surface area contributed by atoms with Gasteiger partial charge in [0.05, 0.1) is 0 Å². The van der Waals surface area contributed by atoms with Crippen LogP contribution in [-0.2, 0) is 0 Å². The van der Waals surface area contributed by atoms with Crippen molar-refractivity contribution in [3.8, 4) is 0 Å². The van der Waals surface area contributed by atoms with Crippen LogP contribution in [0.2, 0.25) is 0 Å². The monoisotopic (exact) mass is 200 g/mol. The van der Waals surface area contributed by atoms with Gasteiger partial charge in [-0.25, -0.2) is 0 Å². The molecule has 2 nitrogen and oxygen atoms in total. The summed E-state index contributed by atoms with van der Waals surface area (Å²) in [6.07, 6.45) is 6.65. The summed E-state index contributed by atoms with van der Waals surface area (Å²) in [5, 5.41) is 3.49. The zero-order chi connectivity index (χ0) is 10.9. The van der Waals surface area contributed by atoms with Crippen molar-refractivity contribution < 1.29 is 0 Å². The molecule has 0 bridgehead atoms. The van der Waals surface area contributed by atoms with Crippen molar-refractivity contribution in [2.45, 2.75) is 52.9 Å². The standard InChI is InChI=1S/C10H22N2.C2H6/c1-2-3-4-7-12-9-10(8-11)5-6-10;1-2/h12H,2-9,11H2,1H3;1-2H3. The van der Waals surface area contributed by atoms with Gasteiger partial charge < -0.3 is 11.1 Å². The Hall–Kier alpha value is -0.0800. The molecule has 14 heavy (non-hydrogen) atoms. The number of hydrogen-bond acceptors (Lipinski definition) is 2. The number of nitrogens with two attached hydrogens (primary N) is 1. The molecule has 0 aromatic carbocycles. The van der Waals surface area contributed by atoms with Crippen molar-refractivity contribution >= 4 is 0 Å². The predicted molar refractivity (Wildman–Crippen MR) is 64.5 cm³/mol. The maximum Gasteiger partial charge on any atom is 0.00199 e. The smallest absolute Gasteiger partial charge is 0.00199 e. The molecule has 1 rings (SSSR count). The van der Waals surface area contributed by atoms with E-state index in [0.29, 0.717) is 5.41 Å². The van der Waals surface area contributed by atoms with Crippen molar-refractivity contribution in [2.75, 3.05) is 19.6 Å². The summed E-state index contributed by atoms with van der Waals surface area (Å²) in [4.78, 5) is 0. The summed E-state index contributed by atoms with van der Waals surface area (Å²) in [6.45, 7) is 9.43. The predicted octanol–water partition coefficient (Wildman–Crippen LogP) is 2.53. The molecule has 2 heteroatoms. The van der Waals surface area contributed by atoms with Crippen molar-refractivity contribution in [1.82, 2.24) is 5.32 Å².